The summed E-state index contributed by atoms with van der Waals surface area (Å²) in [6, 6.07) is 3.97. The molecule has 1 aliphatic carbocycles. The molecule has 4 heterocycles. The molecule has 154 valence electrons. The van der Waals surface area contributed by atoms with E-state index in [9.17, 15) is 9.59 Å². The second-order valence-corrected chi connectivity index (χ2v) is 11.5. The Morgan fingerprint density at radius 1 is 1.20 bits per heavy atom. The summed E-state index contributed by atoms with van der Waals surface area (Å²) >= 11 is 8.07. The number of aryl methyl sites for hydroxylation is 3. The van der Waals surface area contributed by atoms with Crippen molar-refractivity contribution in [2.45, 2.75) is 38.5 Å². The molecule has 1 amide bonds. The van der Waals surface area contributed by atoms with Gasteiger partial charge in [0.15, 0.2) is 5.13 Å². The summed E-state index contributed by atoms with van der Waals surface area (Å²) < 4.78 is 1.04. The maximum absolute atomic E-state index is 12.6. The number of halogens is 1. The average Bonchev–Trinajstić information content (AvgIpc) is 3.44. The fraction of sp³-hybridized carbons (Fsp3) is 0.300. The third kappa shape index (κ3) is 4.01. The molecule has 6 nitrogen and oxygen atoms in total. The lowest BCUT2D eigenvalue weighted by Crippen LogP contribution is -2.16. The van der Waals surface area contributed by atoms with Crippen LogP contribution in [0.25, 0.3) is 20.8 Å². The summed E-state index contributed by atoms with van der Waals surface area (Å²) in [5.41, 5.74) is 1.95. The lowest BCUT2D eigenvalue weighted by molar-refractivity contribution is -0.116. The van der Waals surface area contributed by atoms with Crippen LogP contribution in [0.1, 0.15) is 35.5 Å². The first kappa shape index (κ1) is 20.0. The molecule has 0 bridgehead atoms. The predicted molar refractivity (Wildman–Crippen MR) is 127 cm³/mol. The van der Waals surface area contributed by atoms with E-state index >= 15 is 0 Å². The Morgan fingerprint density at radius 3 is 2.90 bits per heavy atom. The molecule has 2 N–H and O–H groups in total. The Labute approximate surface area is 192 Å². The number of carbonyl (C=O) groups is 1. The van der Waals surface area contributed by atoms with E-state index in [0.29, 0.717) is 17.4 Å². The van der Waals surface area contributed by atoms with Crippen LogP contribution in [0.5, 0.6) is 0 Å². The second kappa shape index (κ2) is 8.33. The number of carbonyl (C=O) groups excluding carboxylic acids is 1. The second-order valence-electron chi connectivity index (χ2n) is 7.09. The number of aromatic nitrogens is 3. The Kier molecular flexibility index (Phi) is 5.57. The molecule has 4 aromatic heterocycles. The molecule has 0 saturated carbocycles. The molecular formula is C20H17BrN4O2S3. The van der Waals surface area contributed by atoms with Gasteiger partial charge in [-0.2, -0.15) is 0 Å². The third-order valence-corrected chi connectivity index (χ3v) is 8.63. The van der Waals surface area contributed by atoms with Crippen LogP contribution < -0.4 is 10.9 Å². The third-order valence-electron chi connectivity index (χ3n) is 5.04. The number of aromatic amines is 1. The van der Waals surface area contributed by atoms with Crippen LogP contribution in [-0.4, -0.2) is 20.9 Å². The number of nitrogens with zero attached hydrogens (tertiary/aromatic N) is 2. The first-order chi connectivity index (χ1) is 14.6. The summed E-state index contributed by atoms with van der Waals surface area (Å²) in [5, 5.41) is 6.10. The molecule has 0 saturated heterocycles. The normalized spacial score (nSPS) is 13.5. The van der Waals surface area contributed by atoms with E-state index < -0.39 is 0 Å². The number of H-pyrrole nitrogens is 1. The SMILES string of the molecule is O=C(CCc1nc2sc3c(c2c(=O)[nH]1)CCCC3)Nc1nc(-c2ccc(Br)s2)cs1. The van der Waals surface area contributed by atoms with E-state index in [-0.39, 0.29) is 17.9 Å². The molecule has 4 aromatic rings. The largest absolute Gasteiger partial charge is 0.310 e. The van der Waals surface area contributed by atoms with Gasteiger partial charge in [0.1, 0.15) is 10.7 Å². The van der Waals surface area contributed by atoms with Crippen LogP contribution in [0.15, 0.2) is 26.1 Å². The number of thiazole rings is 1. The molecule has 0 aliphatic heterocycles. The maximum Gasteiger partial charge on any atom is 0.259 e. The Balaban J connectivity index is 1.26. The van der Waals surface area contributed by atoms with Crippen molar-refractivity contribution in [3.63, 3.8) is 0 Å². The van der Waals surface area contributed by atoms with E-state index in [2.05, 4.69) is 36.2 Å². The van der Waals surface area contributed by atoms with Crippen LogP contribution in [0.2, 0.25) is 0 Å². The highest BCUT2D eigenvalue weighted by atomic mass is 79.9. The van der Waals surface area contributed by atoms with E-state index in [1.807, 2.05) is 17.5 Å². The zero-order chi connectivity index (χ0) is 20.7. The first-order valence-electron chi connectivity index (χ1n) is 9.61. The van der Waals surface area contributed by atoms with Gasteiger partial charge >= 0.3 is 0 Å². The van der Waals surface area contributed by atoms with Crippen molar-refractivity contribution >= 4 is 71.2 Å². The molecule has 10 heteroatoms. The topological polar surface area (TPSA) is 87.7 Å². The van der Waals surface area contributed by atoms with Gasteiger partial charge < -0.3 is 10.3 Å². The van der Waals surface area contributed by atoms with Crippen molar-refractivity contribution in [3.8, 4) is 10.6 Å². The standard InChI is InChI=1S/C20H17BrN4O2S3/c21-14-6-5-13(29-14)11-9-28-20(22-11)25-16(26)8-7-15-23-18(27)17-10-3-1-2-4-12(10)30-19(17)24-15/h5-6,9H,1-4,7-8H2,(H,22,25,26)(H,23,24,27). The van der Waals surface area contributed by atoms with Crippen LogP contribution in [0.4, 0.5) is 5.13 Å². The summed E-state index contributed by atoms with van der Waals surface area (Å²) in [4.78, 5) is 40.1. The highest BCUT2D eigenvalue weighted by Gasteiger charge is 2.20. The van der Waals surface area contributed by atoms with E-state index in [4.69, 9.17) is 0 Å². The molecule has 0 radical (unpaired) electrons. The number of fused-ring (bicyclic) bond motifs is 3. The molecule has 0 fully saturated rings. The van der Waals surface area contributed by atoms with E-state index in [0.717, 1.165) is 43.8 Å². The fourth-order valence-corrected chi connectivity index (χ4v) is 7.07. The van der Waals surface area contributed by atoms with Crippen LogP contribution in [0.3, 0.4) is 0 Å². The van der Waals surface area contributed by atoms with Crippen LogP contribution >= 0.6 is 49.9 Å². The van der Waals surface area contributed by atoms with E-state index in [1.165, 1.54) is 28.2 Å². The average molecular weight is 521 g/mol. The Bertz CT molecular complexity index is 1300. The van der Waals surface area contributed by atoms with Gasteiger partial charge in [-0.05, 0) is 59.3 Å². The summed E-state index contributed by atoms with van der Waals surface area (Å²) in [6.07, 6.45) is 4.91. The van der Waals surface area contributed by atoms with Crippen molar-refractivity contribution in [2.24, 2.45) is 0 Å². The van der Waals surface area contributed by atoms with E-state index in [1.54, 1.807) is 22.7 Å². The lowest BCUT2D eigenvalue weighted by atomic mass is 9.97. The number of thiophene rings is 2. The zero-order valence-corrected chi connectivity index (χ0v) is 19.8. The smallest absolute Gasteiger partial charge is 0.259 e. The Hall–Kier alpha value is -1.88. The molecule has 0 atom stereocenters. The summed E-state index contributed by atoms with van der Waals surface area (Å²) in [7, 11) is 0. The molecule has 0 unspecified atom stereocenters. The first-order valence-corrected chi connectivity index (χ1v) is 12.9. The Morgan fingerprint density at radius 2 is 2.07 bits per heavy atom. The maximum atomic E-state index is 12.6. The fourth-order valence-electron chi connectivity index (χ4n) is 3.64. The van der Waals surface area contributed by atoms with Gasteiger partial charge in [-0.25, -0.2) is 9.97 Å². The minimum Gasteiger partial charge on any atom is -0.310 e. The highest BCUT2D eigenvalue weighted by Crippen LogP contribution is 2.34. The minimum atomic E-state index is -0.142. The van der Waals surface area contributed by atoms with Gasteiger partial charge in [0.05, 0.1) is 19.7 Å². The van der Waals surface area contributed by atoms with Crippen molar-refractivity contribution in [3.05, 3.63) is 47.9 Å². The van der Waals surface area contributed by atoms with Gasteiger partial charge in [0.2, 0.25) is 5.91 Å². The number of amides is 1. The van der Waals surface area contributed by atoms with Crippen molar-refractivity contribution in [1.82, 2.24) is 15.0 Å². The monoisotopic (exact) mass is 520 g/mol. The van der Waals surface area contributed by atoms with Crippen molar-refractivity contribution in [2.75, 3.05) is 5.32 Å². The number of anilines is 1. The number of rotatable bonds is 5. The van der Waals surface area contributed by atoms with Crippen LogP contribution in [-0.2, 0) is 24.1 Å². The number of hydrogen-bond acceptors (Lipinski definition) is 7. The molecule has 0 spiro atoms. The van der Waals surface area contributed by atoms with Crippen molar-refractivity contribution in [1.29, 1.82) is 0 Å². The molecule has 0 aromatic carbocycles. The number of nitrogens with one attached hydrogen (secondary N) is 2. The summed E-state index contributed by atoms with van der Waals surface area (Å²) in [6.45, 7) is 0. The molecule has 1 aliphatic rings. The van der Waals surface area contributed by atoms with Crippen LogP contribution in [0, 0.1) is 0 Å². The van der Waals surface area contributed by atoms with Gasteiger partial charge in [-0.15, -0.1) is 34.0 Å². The van der Waals surface area contributed by atoms with Gasteiger partial charge in [-0.1, -0.05) is 0 Å². The lowest BCUT2D eigenvalue weighted by Gasteiger charge is -2.09. The highest BCUT2D eigenvalue weighted by molar-refractivity contribution is 9.11. The molecule has 5 rings (SSSR count). The zero-order valence-electron chi connectivity index (χ0n) is 15.8. The van der Waals surface area contributed by atoms with Gasteiger partial charge in [0.25, 0.3) is 5.56 Å². The summed E-state index contributed by atoms with van der Waals surface area (Å²) in [5.74, 6) is 0.418. The van der Waals surface area contributed by atoms with Crippen molar-refractivity contribution < 1.29 is 4.79 Å². The molecule has 30 heavy (non-hydrogen) atoms. The van der Waals surface area contributed by atoms with Gasteiger partial charge in [0, 0.05) is 23.1 Å². The molecular weight excluding hydrogens is 504 g/mol. The quantitative estimate of drug-likeness (QED) is 0.369. The minimum absolute atomic E-state index is 0.0820. The van der Waals surface area contributed by atoms with Gasteiger partial charge in [-0.3, -0.25) is 9.59 Å². The predicted octanol–water partition coefficient (Wildman–Crippen LogP) is 5.38. The number of hydrogen-bond donors (Lipinski definition) is 2.